The molecule has 0 aromatic carbocycles. The SMILES string of the molecule is CCCCOC(=O)CS(=O)CCC(F)F. The fraction of sp³-hybridized carbons (Fsp3) is 0.889. The minimum Gasteiger partial charge on any atom is -0.465 e. The van der Waals surface area contributed by atoms with Crippen molar-refractivity contribution in [3.8, 4) is 0 Å². The number of unbranched alkanes of at least 4 members (excludes halogenated alkanes) is 1. The van der Waals surface area contributed by atoms with E-state index in [1.807, 2.05) is 6.92 Å². The van der Waals surface area contributed by atoms with Gasteiger partial charge in [-0.2, -0.15) is 0 Å². The normalized spacial score (nSPS) is 12.8. The topological polar surface area (TPSA) is 43.4 Å². The van der Waals surface area contributed by atoms with Gasteiger partial charge in [-0.15, -0.1) is 0 Å². The van der Waals surface area contributed by atoms with Crippen molar-refractivity contribution in [2.24, 2.45) is 0 Å². The third-order valence-electron chi connectivity index (χ3n) is 1.60. The van der Waals surface area contributed by atoms with E-state index >= 15 is 0 Å². The molecule has 0 aliphatic heterocycles. The zero-order valence-corrected chi connectivity index (χ0v) is 9.53. The number of carbonyl (C=O) groups excluding carboxylic acids is 1. The van der Waals surface area contributed by atoms with Gasteiger partial charge in [-0.3, -0.25) is 9.00 Å². The Morgan fingerprint density at radius 1 is 1.47 bits per heavy atom. The molecule has 0 aliphatic rings. The lowest BCUT2D eigenvalue weighted by molar-refractivity contribution is -0.140. The van der Waals surface area contributed by atoms with Gasteiger partial charge in [0.15, 0.2) is 0 Å². The Morgan fingerprint density at radius 2 is 2.13 bits per heavy atom. The average molecular weight is 242 g/mol. The highest BCUT2D eigenvalue weighted by molar-refractivity contribution is 7.85. The molecule has 1 unspecified atom stereocenters. The van der Waals surface area contributed by atoms with E-state index < -0.39 is 29.6 Å². The number of hydrogen-bond acceptors (Lipinski definition) is 3. The second-order valence-electron chi connectivity index (χ2n) is 3.04. The van der Waals surface area contributed by atoms with Gasteiger partial charge in [-0.25, -0.2) is 8.78 Å². The molecule has 90 valence electrons. The molecule has 0 saturated heterocycles. The second kappa shape index (κ2) is 8.76. The Bertz CT molecular complexity index is 210. The van der Waals surface area contributed by atoms with Crippen LogP contribution in [0.1, 0.15) is 26.2 Å². The summed E-state index contributed by atoms with van der Waals surface area (Å²) < 4.78 is 39.3. The molecule has 0 bridgehead atoms. The Hall–Kier alpha value is -0.520. The maximum Gasteiger partial charge on any atom is 0.318 e. The third-order valence-corrected chi connectivity index (χ3v) is 2.85. The van der Waals surface area contributed by atoms with Crippen LogP contribution < -0.4 is 0 Å². The van der Waals surface area contributed by atoms with Gasteiger partial charge in [-0.05, 0) is 6.42 Å². The molecule has 0 aromatic heterocycles. The Labute approximate surface area is 90.6 Å². The zero-order chi connectivity index (χ0) is 11.7. The van der Waals surface area contributed by atoms with E-state index in [0.717, 1.165) is 12.8 Å². The molecule has 0 spiro atoms. The summed E-state index contributed by atoms with van der Waals surface area (Å²) in [7, 11) is -1.53. The summed E-state index contributed by atoms with van der Waals surface area (Å²) in [4.78, 5) is 11.0. The van der Waals surface area contributed by atoms with Crippen molar-refractivity contribution in [1.29, 1.82) is 0 Å². The van der Waals surface area contributed by atoms with E-state index in [1.165, 1.54) is 0 Å². The summed E-state index contributed by atoms with van der Waals surface area (Å²) in [6.45, 7) is 2.26. The molecule has 6 heteroatoms. The Balaban J connectivity index is 3.53. The summed E-state index contributed by atoms with van der Waals surface area (Å²) in [6, 6.07) is 0. The molecule has 0 aromatic rings. The first kappa shape index (κ1) is 14.5. The predicted molar refractivity (Wildman–Crippen MR) is 54.4 cm³/mol. The standard InChI is InChI=1S/C9H16F2O3S/c1-2-3-5-14-9(12)7-15(13)6-4-8(10)11/h8H,2-7H2,1H3. The second-order valence-corrected chi connectivity index (χ2v) is 4.62. The van der Waals surface area contributed by atoms with Gasteiger partial charge in [0.2, 0.25) is 6.43 Å². The molecule has 3 nitrogen and oxygen atoms in total. The lowest BCUT2D eigenvalue weighted by Crippen LogP contribution is -2.17. The lowest BCUT2D eigenvalue weighted by atomic mass is 10.4. The van der Waals surface area contributed by atoms with Gasteiger partial charge in [-0.1, -0.05) is 13.3 Å². The smallest absolute Gasteiger partial charge is 0.318 e. The number of esters is 1. The van der Waals surface area contributed by atoms with Crippen LogP contribution in [0.5, 0.6) is 0 Å². The van der Waals surface area contributed by atoms with Crippen molar-refractivity contribution in [1.82, 2.24) is 0 Å². The molecule has 0 radical (unpaired) electrons. The first-order chi connectivity index (χ1) is 7.06. The van der Waals surface area contributed by atoms with Crippen LogP contribution in [0.25, 0.3) is 0 Å². The molecule has 0 fully saturated rings. The van der Waals surface area contributed by atoms with E-state index in [4.69, 9.17) is 4.74 Å². The van der Waals surface area contributed by atoms with Crippen molar-refractivity contribution in [3.05, 3.63) is 0 Å². The number of halogens is 2. The van der Waals surface area contributed by atoms with Gasteiger partial charge in [0.05, 0.1) is 6.61 Å². The largest absolute Gasteiger partial charge is 0.465 e. The lowest BCUT2D eigenvalue weighted by Gasteiger charge is -2.03. The molecular formula is C9H16F2O3S. The third kappa shape index (κ3) is 9.78. The van der Waals surface area contributed by atoms with Crippen LogP contribution in [-0.4, -0.2) is 34.7 Å². The maximum absolute atomic E-state index is 11.7. The first-order valence-electron chi connectivity index (χ1n) is 4.85. The number of rotatable bonds is 8. The highest BCUT2D eigenvalue weighted by Crippen LogP contribution is 2.01. The molecule has 0 N–H and O–H groups in total. The van der Waals surface area contributed by atoms with Gasteiger partial charge < -0.3 is 4.74 Å². The fourth-order valence-corrected chi connectivity index (χ4v) is 1.73. The molecule has 1 atom stereocenters. The summed E-state index contributed by atoms with van der Waals surface area (Å²) in [5.41, 5.74) is 0. The van der Waals surface area contributed by atoms with E-state index in [0.29, 0.717) is 6.61 Å². The molecule has 15 heavy (non-hydrogen) atoms. The highest BCUT2D eigenvalue weighted by Gasteiger charge is 2.11. The summed E-state index contributed by atoms with van der Waals surface area (Å²) in [6.07, 6.45) is -1.24. The molecule has 0 rings (SSSR count). The fourth-order valence-electron chi connectivity index (χ4n) is 0.796. The monoisotopic (exact) mass is 242 g/mol. The zero-order valence-electron chi connectivity index (χ0n) is 8.71. The predicted octanol–water partition coefficient (Wildman–Crippen LogP) is 1.73. The van der Waals surface area contributed by atoms with Gasteiger partial charge >= 0.3 is 5.97 Å². The van der Waals surface area contributed by atoms with Crippen LogP contribution in [0, 0.1) is 0 Å². The maximum atomic E-state index is 11.7. The summed E-state index contributed by atoms with van der Waals surface area (Å²) in [5, 5.41) is 0. The van der Waals surface area contributed by atoms with Gasteiger partial charge in [0.1, 0.15) is 5.75 Å². The number of hydrogen-bond donors (Lipinski definition) is 0. The van der Waals surface area contributed by atoms with Crippen molar-refractivity contribution in [2.75, 3.05) is 18.1 Å². The van der Waals surface area contributed by atoms with Crippen LogP contribution in [0.3, 0.4) is 0 Å². The van der Waals surface area contributed by atoms with Crippen molar-refractivity contribution < 1.29 is 22.5 Å². The van der Waals surface area contributed by atoms with Crippen LogP contribution in [0.15, 0.2) is 0 Å². The quantitative estimate of drug-likeness (QED) is 0.481. The molecule has 0 amide bonds. The van der Waals surface area contributed by atoms with Crippen molar-refractivity contribution in [3.63, 3.8) is 0 Å². The molecule has 0 aliphatic carbocycles. The minimum atomic E-state index is -2.47. The average Bonchev–Trinajstić information content (AvgIpc) is 2.15. The van der Waals surface area contributed by atoms with Crippen molar-refractivity contribution >= 4 is 16.8 Å². The van der Waals surface area contributed by atoms with E-state index in [-0.39, 0.29) is 11.5 Å². The number of ether oxygens (including phenoxy) is 1. The Kier molecular flexibility index (Phi) is 8.46. The van der Waals surface area contributed by atoms with Gasteiger partial charge in [0, 0.05) is 23.0 Å². The minimum absolute atomic E-state index is 0.152. The van der Waals surface area contributed by atoms with Crippen LogP contribution >= 0.6 is 0 Å². The molecular weight excluding hydrogens is 226 g/mol. The summed E-state index contributed by atoms with van der Waals surface area (Å²) in [5.74, 6) is -1.01. The van der Waals surface area contributed by atoms with Crippen LogP contribution in [0.2, 0.25) is 0 Å². The number of alkyl halides is 2. The first-order valence-corrected chi connectivity index (χ1v) is 6.33. The van der Waals surface area contributed by atoms with E-state index in [2.05, 4.69) is 0 Å². The van der Waals surface area contributed by atoms with E-state index in [9.17, 15) is 17.8 Å². The van der Waals surface area contributed by atoms with Gasteiger partial charge in [0.25, 0.3) is 0 Å². The van der Waals surface area contributed by atoms with Crippen molar-refractivity contribution in [2.45, 2.75) is 32.6 Å². The van der Waals surface area contributed by atoms with Crippen LogP contribution in [0.4, 0.5) is 8.78 Å². The van der Waals surface area contributed by atoms with Crippen LogP contribution in [-0.2, 0) is 20.3 Å². The number of carbonyl (C=O) groups is 1. The molecule has 0 heterocycles. The highest BCUT2D eigenvalue weighted by atomic mass is 32.2. The molecule has 0 saturated carbocycles. The summed E-state index contributed by atoms with van der Waals surface area (Å²) >= 11 is 0. The van der Waals surface area contributed by atoms with E-state index in [1.54, 1.807) is 0 Å². The Morgan fingerprint density at radius 3 is 2.67 bits per heavy atom.